The van der Waals surface area contributed by atoms with Crippen LogP contribution in [0.2, 0.25) is 5.02 Å². The molecule has 0 spiro atoms. The fraction of sp³-hybridized carbons (Fsp3) is 0.133. The number of halogens is 2. The Bertz CT molecular complexity index is 874. The highest BCUT2D eigenvalue weighted by atomic mass is 35.5. The summed E-state index contributed by atoms with van der Waals surface area (Å²) in [7, 11) is 0. The Morgan fingerprint density at radius 3 is 2.82 bits per heavy atom. The minimum Gasteiger partial charge on any atom is -0.298 e. The van der Waals surface area contributed by atoms with Crippen LogP contribution in [0.1, 0.15) is 21.6 Å². The number of thiazole rings is 1. The Kier molecular flexibility index (Phi) is 3.80. The topological polar surface area (TPSA) is 54.9 Å². The van der Waals surface area contributed by atoms with Crippen molar-refractivity contribution in [3.8, 4) is 0 Å². The third kappa shape index (κ3) is 2.67. The first-order chi connectivity index (χ1) is 10.5. The van der Waals surface area contributed by atoms with Gasteiger partial charge in [0.05, 0.1) is 15.3 Å². The maximum Gasteiger partial charge on any atom is 0.261 e. The zero-order valence-corrected chi connectivity index (χ0v) is 13.3. The van der Waals surface area contributed by atoms with E-state index >= 15 is 0 Å². The van der Waals surface area contributed by atoms with Gasteiger partial charge in [-0.1, -0.05) is 29.0 Å². The Balaban J connectivity index is 1.96. The molecule has 1 N–H and O–H groups in total. The molecule has 0 aliphatic rings. The first kappa shape index (κ1) is 14.9. The molecule has 112 valence electrons. The molecule has 2 heterocycles. The summed E-state index contributed by atoms with van der Waals surface area (Å²) in [5, 5.41) is 3.00. The number of anilines is 1. The number of amides is 1. The van der Waals surface area contributed by atoms with E-state index in [4.69, 9.17) is 11.6 Å². The summed E-state index contributed by atoms with van der Waals surface area (Å²) >= 11 is 7.18. The Morgan fingerprint density at radius 1 is 1.32 bits per heavy atom. The van der Waals surface area contributed by atoms with Gasteiger partial charge >= 0.3 is 0 Å². The molecule has 0 fully saturated rings. The van der Waals surface area contributed by atoms with Crippen LogP contribution >= 0.6 is 22.9 Å². The summed E-state index contributed by atoms with van der Waals surface area (Å²) in [4.78, 5) is 20.8. The second kappa shape index (κ2) is 5.62. The Morgan fingerprint density at radius 2 is 2.09 bits per heavy atom. The maximum atomic E-state index is 13.8. The van der Waals surface area contributed by atoms with E-state index in [1.165, 1.54) is 29.5 Å². The number of benzene rings is 1. The maximum absolute atomic E-state index is 13.8. The van der Waals surface area contributed by atoms with Crippen LogP contribution in [0.25, 0.3) is 10.3 Å². The van der Waals surface area contributed by atoms with Crippen molar-refractivity contribution >= 4 is 44.3 Å². The van der Waals surface area contributed by atoms with Crippen molar-refractivity contribution in [2.75, 3.05) is 5.32 Å². The molecule has 22 heavy (non-hydrogen) atoms. The highest BCUT2D eigenvalue weighted by Gasteiger charge is 2.18. The summed E-state index contributed by atoms with van der Waals surface area (Å²) in [6.07, 6.45) is 0. The van der Waals surface area contributed by atoms with Crippen molar-refractivity contribution in [2.45, 2.75) is 13.8 Å². The average molecular weight is 336 g/mol. The molecule has 1 amide bonds. The number of aromatic nitrogens is 2. The molecule has 0 bridgehead atoms. The van der Waals surface area contributed by atoms with Crippen LogP contribution < -0.4 is 5.32 Å². The van der Waals surface area contributed by atoms with Crippen molar-refractivity contribution < 1.29 is 9.18 Å². The van der Waals surface area contributed by atoms with Gasteiger partial charge < -0.3 is 0 Å². The molecule has 0 aliphatic heterocycles. The summed E-state index contributed by atoms with van der Waals surface area (Å²) in [5.74, 6) is -1.30. The number of hydrogen-bond donors (Lipinski definition) is 1. The van der Waals surface area contributed by atoms with Gasteiger partial charge in [-0.15, -0.1) is 0 Å². The van der Waals surface area contributed by atoms with E-state index in [0.29, 0.717) is 10.8 Å². The van der Waals surface area contributed by atoms with E-state index in [1.54, 1.807) is 0 Å². The van der Waals surface area contributed by atoms with Gasteiger partial charge in [-0.25, -0.2) is 9.37 Å². The Labute approximate surface area is 135 Å². The van der Waals surface area contributed by atoms with E-state index in [9.17, 15) is 9.18 Å². The number of fused-ring (bicyclic) bond motifs is 1. The van der Waals surface area contributed by atoms with E-state index in [1.807, 2.05) is 19.9 Å². The molecule has 0 atom stereocenters. The number of pyridine rings is 1. The third-order valence-electron chi connectivity index (χ3n) is 3.09. The molecule has 1 aromatic carbocycles. The van der Waals surface area contributed by atoms with Crippen LogP contribution in [0, 0.1) is 19.7 Å². The van der Waals surface area contributed by atoms with Crippen molar-refractivity contribution in [1.82, 2.24) is 9.97 Å². The summed E-state index contributed by atoms with van der Waals surface area (Å²) in [6.45, 7) is 3.83. The molecule has 4 nitrogen and oxygen atoms in total. The van der Waals surface area contributed by atoms with Crippen molar-refractivity contribution in [1.29, 1.82) is 0 Å². The number of nitrogens with one attached hydrogen (secondary N) is 1. The first-order valence-electron chi connectivity index (χ1n) is 6.46. The van der Waals surface area contributed by atoms with Crippen LogP contribution in [-0.2, 0) is 0 Å². The van der Waals surface area contributed by atoms with Crippen LogP contribution in [-0.4, -0.2) is 15.9 Å². The van der Waals surface area contributed by atoms with Crippen LogP contribution in [0.4, 0.5) is 9.52 Å². The lowest BCUT2D eigenvalue weighted by molar-refractivity contribution is 0.102. The molecule has 7 heteroatoms. The smallest absolute Gasteiger partial charge is 0.261 e. The van der Waals surface area contributed by atoms with Gasteiger partial charge in [0.15, 0.2) is 10.8 Å². The van der Waals surface area contributed by atoms with Crippen molar-refractivity contribution in [2.24, 2.45) is 0 Å². The SMILES string of the molecule is Cc1cc(C)c2sc(NC(=O)c3c(F)cccc3Cl)nc2n1. The fourth-order valence-electron chi connectivity index (χ4n) is 2.15. The normalized spacial score (nSPS) is 10.9. The molecule has 0 saturated heterocycles. The molecular formula is C15H11ClFN3OS. The average Bonchev–Trinajstić information content (AvgIpc) is 2.81. The lowest BCUT2D eigenvalue weighted by Crippen LogP contribution is -2.14. The van der Waals surface area contributed by atoms with Gasteiger partial charge in [-0.3, -0.25) is 10.1 Å². The summed E-state index contributed by atoms with van der Waals surface area (Å²) in [6, 6.07) is 6.04. The molecule has 3 rings (SSSR count). The standard InChI is InChI=1S/C15H11ClFN3OS/c1-7-6-8(2)18-13-12(7)22-15(19-13)20-14(21)11-9(16)4-3-5-10(11)17/h3-6H,1-2H3,(H,18,19,20,21). The van der Waals surface area contributed by atoms with Gasteiger partial charge in [-0.2, -0.15) is 4.98 Å². The van der Waals surface area contributed by atoms with E-state index < -0.39 is 11.7 Å². The van der Waals surface area contributed by atoms with Crippen LogP contribution in [0.3, 0.4) is 0 Å². The van der Waals surface area contributed by atoms with Gasteiger partial charge in [0.1, 0.15) is 5.82 Å². The predicted molar refractivity (Wildman–Crippen MR) is 86.3 cm³/mol. The minimum atomic E-state index is -0.670. The fourth-order valence-corrected chi connectivity index (χ4v) is 3.27. The highest BCUT2D eigenvalue weighted by molar-refractivity contribution is 7.22. The largest absolute Gasteiger partial charge is 0.298 e. The lowest BCUT2D eigenvalue weighted by atomic mass is 10.2. The summed E-state index contributed by atoms with van der Waals surface area (Å²) < 4.78 is 14.6. The van der Waals surface area contributed by atoms with Crippen molar-refractivity contribution in [3.05, 3.63) is 51.9 Å². The first-order valence-corrected chi connectivity index (χ1v) is 7.65. The van der Waals surface area contributed by atoms with Gasteiger partial charge in [0.2, 0.25) is 0 Å². The molecular weight excluding hydrogens is 325 g/mol. The molecule has 2 aromatic heterocycles. The van der Waals surface area contributed by atoms with Crippen molar-refractivity contribution in [3.63, 3.8) is 0 Å². The number of hydrogen-bond acceptors (Lipinski definition) is 4. The minimum absolute atomic E-state index is 0.0590. The van der Waals surface area contributed by atoms with Gasteiger partial charge in [-0.05, 0) is 37.6 Å². The third-order valence-corrected chi connectivity index (χ3v) is 4.50. The second-order valence-electron chi connectivity index (χ2n) is 4.80. The van der Waals surface area contributed by atoms with E-state index in [-0.39, 0.29) is 10.6 Å². The zero-order chi connectivity index (χ0) is 15.9. The molecule has 0 saturated carbocycles. The number of carbonyl (C=O) groups excluding carboxylic acids is 1. The predicted octanol–water partition coefficient (Wildman–Crippen LogP) is 4.35. The van der Waals surface area contributed by atoms with Gasteiger partial charge in [0, 0.05) is 5.69 Å². The molecule has 0 aliphatic carbocycles. The molecule has 0 radical (unpaired) electrons. The van der Waals surface area contributed by atoms with Crippen LogP contribution in [0.5, 0.6) is 0 Å². The monoisotopic (exact) mass is 335 g/mol. The Hall–Kier alpha value is -2.05. The quantitative estimate of drug-likeness (QED) is 0.757. The highest BCUT2D eigenvalue weighted by Crippen LogP contribution is 2.29. The molecule has 0 unspecified atom stereocenters. The zero-order valence-electron chi connectivity index (χ0n) is 11.8. The number of rotatable bonds is 2. The number of aryl methyl sites for hydroxylation is 2. The summed E-state index contributed by atoms with van der Waals surface area (Å²) in [5.41, 5.74) is 2.26. The second-order valence-corrected chi connectivity index (χ2v) is 6.21. The number of carbonyl (C=O) groups is 1. The van der Waals surface area contributed by atoms with Crippen LogP contribution in [0.15, 0.2) is 24.3 Å². The van der Waals surface area contributed by atoms with E-state index in [2.05, 4.69) is 15.3 Å². The van der Waals surface area contributed by atoms with E-state index in [0.717, 1.165) is 16.0 Å². The number of nitrogens with zero attached hydrogens (tertiary/aromatic N) is 2. The van der Waals surface area contributed by atoms with Gasteiger partial charge in [0.25, 0.3) is 5.91 Å². The molecule has 3 aromatic rings. The lowest BCUT2D eigenvalue weighted by Gasteiger charge is -2.04.